The van der Waals surface area contributed by atoms with Crippen molar-refractivity contribution in [1.29, 1.82) is 0 Å². The summed E-state index contributed by atoms with van der Waals surface area (Å²) in [5.41, 5.74) is 1.86. The zero-order valence-corrected chi connectivity index (χ0v) is 12.5. The first kappa shape index (κ1) is 14.3. The molecule has 0 fully saturated rings. The minimum Gasteiger partial charge on any atom is -0.461 e. The molecule has 1 unspecified atom stereocenters. The molecule has 0 aliphatic carbocycles. The van der Waals surface area contributed by atoms with Crippen LogP contribution in [-0.2, 0) is 11.2 Å². The number of hydrogen-bond acceptors (Lipinski definition) is 3. The van der Waals surface area contributed by atoms with Crippen molar-refractivity contribution < 1.29 is 9.21 Å². The summed E-state index contributed by atoms with van der Waals surface area (Å²) in [5, 5.41) is 4.05. The van der Waals surface area contributed by atoms with Gasteiger partial charge in [-0.1, -0.05) is 24.3 Å². The van der Waals surface area contributed by atoms with E-state index in [1.165, 1.54) is 0 Å². The van der Waals surface area contributed by atoms with Crippen LogP contribution in [0.4, 0.5) is 0 Å². The molecule has 2 heterocycles. The Labute approximate surface area is 129 Å². The van der Waals surface area contributed by atoms with E-state index in [0.29, 0.717) is 12.8 Å². The Balaban J connectivity index is 1.56. The van der Waals surface area contributed by atoms with E-state index < -0.39 is 0 Å². The fourth-order valence-electron chi connectivity index (χ4n) is 2.43. The highest BCUT2D eigenvalue weighted by Crippen LogP contribution is 2.20. The van der Waals surface area contributed by atoms with Gasteiger partial charge in [0, 0.05) is 30.6 Å². The summed E-state index contributed by atoms with van der Waals surface area (Å²) in [7, 11) is 0. The fourth-order valence-corrected chi connectivity index (χ4v) is 2.43. The summed E-state index contributed by atoms with van der Waals surface area (Å²) in [4.78, 5) is 16.1. The van der Waals surface area contributed by atoms with Crippen LogP contribution >= 0.6 is 0 Å². The van der Waals surface area contributed by atoms with E-state index in [4.69, 9.17) is 4.42 Å². The van der Waals surface area contributed by atoms with Crippen LogP contribution in [0.2, 0.25) is 0 Å². The second-order valence-corrected chi connectivity index (χ2v) is 5.33. The van der Waals surface area contributed by atoms with Gasteiger partial charge in [0.1, 0.15) is 11.3 Å². The molecular weight excluding hydrogens is 276 g/mol. The zero-order chi connectivity index (χ0) is 15.4. The molecule has 0 radical (unpaired) electrons. The van der Waals surface area contributed by atoms with Gasteiger partial charge >= 0.3 is 0 Å². The lowest BCUT2D eigenvalue weighted by Crippen LogP contribution is -2.26. The smallest absolute Gasteiger partial charge is 0.220 e. The Morgan fingerprint density at radius 3 is 2.91 bits per heavy atom. The monoisotopic (exact) mass is 294 g/mol. The minimum atomic E-state index is -0.0446. The molecule has 22 heavy (non-hydrogen) atoms. The molecule has 0 saturated heterocycles. The lowest BCUT2D eigenvalue weighted by Gasteiger charge is -2.13. The van der Waals surface area contributed by atoms with E-state index in [1.807, 2.05) is 49.4 Å². The number of para-hydroxylation sites is 1. The van der Waals surface area contributed by atoms with Crippen LogP contribution in [-0.4, -0.2) is 10.9 Å². The Morgan fingerprint density at radius 2 is 2.14 bits per heavy atom. The van der Waals surface area contributed by atoms with Crippen LogP contribution in [0, 0.1) is 0 Å². The van der Waals surface area contributed by atoms with E-state index in [2.05, 4.69) is 10.3 Å². The van der Waals surface area contributed by atoms with E-state index in [1.54, 1.807) is 12.4 Å². The average molecular weight is 294 g/mol. The summed E-state index contributed by atoms with van der Waals surface area (Å²) < 4.78 is 5.72. The first-order valence-electron chi connectivity index (χ1n) is 7.39. The van der Waals surface area contributed by atoms with Gasteiger partial charge in [-0.2, -0.15) is 0 Å². The number of fused-ring (bicyclic) bond motifs is 1. The molecule has 0 spiro atoms. The summed E-state index contributed by atoms with van der Waals surface area (Å²) in [5.74, 6) is 0.849. The molecule has 3 aromatic rings. The maximum absolute atomic E-state index is 12.0. The molecule has 0 bridgehead atoms. The third-order valence-corrected chi connectivity index (χ3v) is 3.64. The summed E-state index contributed by atoms with van der Waals surface area (Å²) in [6.45, 7) is 1.95. The van der Waals surface area contributed by atoms with Gasteiger partial charge in [-0.25, -0.2) is 0 Å². The van der Waals surface area contributed by atoms with Gasteiger partial charge in [0.15, 0.2) is 0 Å². The molecule has 112 valence electrons. The third kappa shape index (κ3) is 3.34. The largest absolute Gasteiger partial charge is 0.461 e. The predicted molar refractivity (Wildman–Crippen MR) is 85.3 cm³/mol. The van der Waals surface area contributed by atoms with Crippen molar-refractivity contribution in [3.8, 4) is 0 Å². The molecule has 1 N–H and O–H groups in total. The summed E-state index contributed by atoms with van der Waals surface area (Å²) in [6, 6.07) is 13.6. The van der Waals surface area contributed by atoms with Gasteiger partial charge in [0.05, 0.1) is 6.04 Å². The van der Waals surface area contributed by atoms with Crippen molar-refractivity contribution in [2.24, 2.45) is 0 Å². The third-order valence-electron chi connectivity index (χ3n) is 3.64. The molecule has 1 atom stereocenters. The number of nitrogens with one attached hydrogen (secondary N) is 1. The quantitative estimate of drug-likeness (QED) is 0.781. The number of nitrogens with zero attached hydrogens (tertiary/aromatic N) is 1. The van der Waals surface area contributed by atoms with Crippen LogP contribution in [0.25, 0.3) is 11.0 Å². The van der Waals surface area contributed by atoms with Gasteiger partial charge in [0.25, 0.3) is 0 Å². The molecule has 1 aromatic carbocycles. The molecular formula is C18H18N2O2. The van der Waals surface area contributed by atoms with Gasteiger partial charge < -0.3 is 9.73 Å². The second kappa shape index (κ2) is 6.43. The lowest BCUT2D eigenvalue weighted by molar-refractivity contribution is -0.121. The normalized spacial score (nSPS) is 12.2. The standard InChI is InChI=1S/C18H18N2O2/c1-13(15-6-4-10-19-12-15)20-18(21)9-8-16-11-14-5-2-3-7-17(14)22-16/h2-7,10-13H,8-9H2,1H3,(H,20,21). The van der Waals surface area contributed by atoms with Gasteiger partial charge in [-0.05, 0) is 30.7 Å². The van der Waals surface area contributed by atoms with Crippen molar-refractivity contribution >= 4 is 16.9 Å². The van der Waals surface area contributed by atoms with Crippen molar-refractivity contribution in [3.05, 3.63) is 66.2 Å². The molecule has 0 aliphatic rings. The van der Waals surface area contributed by atoms with Crippen LogP contribution in [0.5, 0.6) is 0 Å². The van der Waals surface area contributed by atoms with Crippen LogP contribution in [0.1, 0.15) is 30.7 Å². The SMILES string of the molecule is CC(NC(=O)CCc1cc2ccccc2o1)c1cccnc1. The maximum Gasteiger partial charge on any atom is 0.220 e. The molecule has 2 aromatic heterocycles. The molecule has 4 heteroatoms. The Morgan fingerprint density at radius 1 is 1.27 bits per heavy atom. The van der Waals surface area contributed by atoms with Crippen LogP contribution in [0.3, 0.4) is 0 Å². The van der Waals surface area contributed by atoms with E-state index in [-0.39, 0.29) is 11.9 Å². The molecule has 0 aliphatic heterocycles. The number of rotatable bonds is 5. The van der Waals surface area contributed by atoms with E-state index in [9.17, 15) is 4.79 Å². The lowest BCUT2D eigenvalue weighted by atomic mass is 10.1. The highest BCUT2D eigenvalue weighted by molar-refractivity contribution is 5.79. The number of furan rings is 1. The Bertz CT molecular complexity index is 732. The van der Waals surface area contributed by atoms with E-state index >= 15 is 0 Å². The topological polar surface area (TPSA) is 55.1 Å². The molecule has 4 nitrogen and oxygen atoms in total. The second-order valence-electron chi connectivity index (χ2n) is 5.33. The zero-order valence-electron chi connectivity index (χ0n) is 12.5. The molecule has 1 amide bonds. The van der Waals surface area contributed by atoms with Crippen molar-refractivity contribution in [1.82, 2.24) is 10.3 Å². The first-order valence-corrected chi connectivity index (χ1v) is 7.39. The number of amides is 1. The fraction of sp³-hybridized carbons (Fsp3) is 0.222. The summed E-state index contributed by atoms with van der Waals surface area (Å²) >= 11 is 0. The van der Waals surface area contributed by atoms with Gasteiger partial charge in [0.2, 0.25) is 5.91 Å². The van der Waals surface area contributed by atoms with Crippen molar-refractivity contribution in [2.45, 2.75) is 25.8 Å². The predicted octanol–water partition coefficient (Wildman–Crippen LogP) is 3.64. The highest BCUT2D eigenvalue weighted by Gasteiger charge is 2.11. The summed E-state index contributed by atoms with van der Waals surface area (Å²) in [6.07, 6.45) is 4.49. The molecule has 0 saturated carbocycles. The number of carbonyl (C=O) groups is 1. The average Bonchev–Trinajstić information content (AvgIpc) is 2.96. The van der Waals surface area contributed by atoms with E-state index in [0.717, 1.165) is 22.3 Å². The van der Waals surface area contributed by atoms with Gasteiger partial charge in [-0.15, -0.1) is 0 Å². The van der Waals surface area contributed by atoms with Crippen LogP contribution in [0.15, 0.2) is 59.3 Å². The molecule has 3 rings (SSSR count). The number of aryl methyl sites for hydroxylation is 1. The highest BCUT2D eigenvalue weighted by atomic mass is 16.3. The number of hydrogen-bond donors (Lipinski definition) is 1. The number of carbonyl (C=O) groups excluding carboxylic acids is 1. The number of pyridine rings is 1. The van der Waals surface area contributed by atoms with Crippen LogP contribution < -0.4 is 5.32 Å². The first-order chi connectivity index (χ1) is 10.7. The van der Waals surface area contributed by atoms with Gasteiger partial charge in [-0.3, -0.25) is 9.78 Å². The maximum atomic E-state index is 12.0. The Hall–Kier alpha value is -2.62. The van der Waals surface area contributed by atoms with Crippen molar-refractivity contribution in [3.63, 3.8) is 0 Å². The Kier molecular flexibility index (Phi) is 4.19. The number of benzene rings is 1. The minimum absolute atomic E-state index is 0.0109. The number of aromatic nitrogens is 1. The van der Waals surface area contributed by atoms with Crippen molar-refractivity contribution in [2.75, 3.05) is 0 Å².